The number of carbonyl (C=O) groups excluding carboxylic acids is 1. The van der Waals surface area contributed by atoms with Crippen LogP contribution < -0.4 is 14.4 Å². The molecule has 1 unspecified atom stereocenters. The molecule has 7 heteroatoms. The zero-order valence-electron chi connectivity index (χ0n) is 17.3. The fraction of sp³-hybridized carbons (Fsp3) is 0.409. The number of benzene rings is 2. The first kappa shape index (κ1) is 22.7. The molecule has 6 nitrogen and oxygen atoms in total. The molecule has 0 bridgehead atoms. The van der Waals surface area contributed by atoms with E-state index in [1.165, 1.54) is 4.31 Å². The Kier molecular flexibility index (Phi) is 8.51. The molecule has 0 fully saturated rings. The van der Waals surface area contributed by atoms with Crippen LogP contribution in [-0.2, 0) is 21.2 Å². The third-order valence-corrected chi connectivity index (χ3v) is 5.71. The number of hydrogen-bond donors (Lipinski definition) is 1. The Balaban J connectivity index is 2.01. The van der Waals surface area contributed by atoms with Crippen LogP contribution in [0.15, 0.2) is 54.6 Å². The van der Waals surface area contributed by atoms with Gasteiger partial charge in [-0.1, -0.05) is 43.3 Å². The largest absolute Gasteiger partial charge is 0.494 e. The van der Waals surface area contributed by atoms with E-state index in [0.29, 0.717) is 25.3 Å². The molecule has 2 rings (SSSR count). The molecule has 1 amide bonds. The van der Waals surface area contributed by atoms with Gasteiger partial charge in [-0.25, -0.2) is 8.42 Å². The molecule has 0 saturated heterocycles. The smallest absolute Gasteiger partial charge is 0.243 e. The van der Waals surface area contributed by atoms with Crippen molar-refractivity contribution in [3.8, 4) is 5.75 Å². The summed E-state index contributed by atoms with van der Waals surface area (Å²) in [5.41, 5.74) is 1.58. The SMILES string of the molecule is CCOc1ccccc1CCCNC(=O)C(CC)N(c1ccccc1)S(C)(=O)=O. The molecule has 0 heterocycles. The molecule has 2 aromatic rings. The summed E-state index contributed by atoms with van der Waals surface area (Å²) in [5.74, 6) is 0.569. The molecule has 0 aliphatic heterocycles. The second-order valence-electron chi connectivity index (χ2n) is 6.75. The summed E-state index contributed by atoms with van der Waals surface area (Å²) in [5, 5.41) is 2.89. The lowest BCUT2D eigenvalue weighted by Crippen LogP contribution is -2.49. The van der Waals surface area contributed by atoms with Crippen LogP contribution in [0, 0.1) is 0 Å². The summed E-state index contributed by atoms with van der Waals surface area (Å²) in [4.78, 5) is 12.8. The minimum absolute atomic E-state index is 0.292. The van der Waals surface area contributed by atoms with Gasteiger partial charge in [-0.3, -0.25) is 9.10 Å². The maximum Gasteiger partial charge on any atom is 0.243 e. The first-order valence-corrected chi connectivity index (χ1v) is 11.8. The Labute approximate surface area is 173 Å². The summed E-state index contributed by atoms with van der Waals surface area (Å²) in [7, 11) is -3.60. The van der Waals surface area contributed by atoms with Gasteiger partial charge in [0.05, 0.1) is 18.6 Å². The molecule has 158 valence electrons. The Morgan fingerprint density at radius 1 is 1.07 bits per heavy atom. The summed E-state index contributed by atoms with van der Waals surface area (Å²) in [6, 6.07) is 15.8. The molecule has 1 atom stereocenters. The molecule has 0 aromatic heterocycles. The van der Waals surface area contributed by atoms with Crippen molar-refractivity contribution in [3.05, 3.63) is 60.2 Å². The number of nitrogens with zero attached hydrogens (tertiary/aromatic N) is 1. The predicted octanol–water partition coefficient (Wildman–Crippen LogP) is 3.38. The van der Waals surface area contributed by atoms with Gasteiger partial charge in [0, 0.05) is 6.54 Å². The molecule has 0 aliphatic rings. The second-order valence-corrected chi connectivity index (χ2v) is 8.61. The van der Waals surface area contributed by atoms with E-state index in [0.717, 1.165) is 30.4 Å². The third kappa shape index (κ3) is 6.49. The minimum atomic E-state index is -3.60. The lowest BCUT2D eigenvalue weighted by atomic mass is 10.1. The summed E-state index contributed by atoms with van der Waals surface area (Å²) in [6.07, 6.45) is 3.00. The first-order valence-electron chi connectivity index (χ1n) is 9.91. The standard InChI is InChI=1S/C22H30N2O4S/c1-4-20(24(29(3,26)27)19-14-7-6-8-15-19)22(25)23-17-11-13-18-12-9-10-16-21(18)28-5-2/h6-10,12,14-16,20H,4-5,11,13,17H2,1-3H3,(H,23,25). The van der Waals surface area contributed by atoms with Gasteiger partial charge in [0.2, 0.25) is 15.9 Å². The fourth-order valence-corrected chi connectivity index (χ4v) is 4.46. The van der Waals surface area contributed by atoms with Crippen molar-refractivity contribution in [2.24, 2.45) is 0 Å². The van der Waals surface area contributed by atoms with Crippen molar-refractivity contribution in [2.45, 2.75) is 39.2 Å². The van der Waals surface area contributed by atoms with Crippen molar-refractivity contribution in [1.82, 2.24) is 5.32 Å². The van der Waals surface area contributed by atoms with Gasteiger partial charge in [-0.15, -0.1) is 0 Å². The zero-order valence-corrected chi connectivity index (χ0v) is 18.1. The van der Waals surface area contributed by atoms with E-state index in [2.05, 4.69) is 5.32 Å². The van der Waals surface area contributed by atoms with Crippen molar-refractivity contribution in [3.63, 3.8) is 0 Å². The minimum Gasteiger partial charge on any atom is -0.494 e. The average molecular weight is 419 g/mol. The summed E-state index contributed by atoms with van der Waals surface area (Å²) >= 11 is 0. The average Bonchev–Trinajstić information content (AvgIpc) is 2.70. The molecule has 1 N–H and O–H groups in total. The van der Waals surface area contributed by atoms with E-state index < -0.39 is 16.1 Å². The highest BCUT2D eigenvalue weighted by molar-refractivity contribution is 7.92. The van der Waals surface area contributed by atoms with Crippen LogP contribution in [0.1, 0.15) is 32.3 Å². The Hall–Kier alpha value is -2.54. The van der Waals surface area contributed by atoms with Gasteiger partial charge in [-0.05, 0) is 49.9 Å². The number of amides is 1. The van der Waals surface area contributed by atoms with Gasteiger partial charge < -0.3 is 10.1 Å². The quantitative estimate of drug-likeness (QED) is 0.568. The number of hydrogen-bond acceptors (Lipinski definition) is 4. The number of carbonyl (C=O) groups is 1. The zero-order chi connectivity index (χ0) is 21.3. The van der Waals surface area contributed by atoms with Gasteiger partial charge in [0.1, 0.15) is 11.8 Å². The van der Waals surface area contributed by atoms with E-state index in [9.17, 15) is 13.2 Å². The van der Waals surface area contributed by atoms with E-state index >= 15 is 0 Å². The highest BCUT2D eigenvalue weighted by atomic mass is 32.2. The van der Waals surface area contributed by atoms with Crippen LogP contribution in [0.25, 0.3) is 0 Å². The van der Waals surface area contributed by atoms with E-state index in [1.54, 1.807) is 24.3 Å². The van der Waals surface area contributed by atoms with Gasteiger partial charge in [0.25, 0.3) is 0 Å². The Morgan fingerprint density at radius 3 is 2.34 bits per heavy atom. The number of aryl methyl sites for hydroxylation is 1. The third-order valence-electron chi connectivity index (χ3n) is 4.53. The number of ether oxygens (including phenoxy) is 1. The second kappa shape index (κ2) is 10.9. The van der Waals surface area contributed by atoms with E-state index in [-0.39, 0.29) is 5.91 Å². The maximum atomic E-state index is 12.8. The molecular formula is C22H30N2O4S. The lowest BCUT2D eigenvalue weighted by Gasteiger charge is -2.30. The maximum absolute atomic E-state index is 12.8. The van der Waals surface area contributed by atoms with Crippen molar-refractivity contribution in [2.75, 3.05) is 23.7 Å². The predicted molar refractivity (Wildman–Crippen MR) is 117 cm³/mol. The number of anilines is 1. The summed E-state index contributed by atoms with van der Waals surface area (Å²) in [6.45, 7) is 4.82. The van der Waals surface area contributed by atoms with Crippen LogP contribution in [0.3, 0.4) is 0 Å². The molecule has 0 radical (unpaired) electrons. The van der Waals surface area contributed by atoms with E-state index in [1.807, 2.05) is 44.2 Å². The Morgan fingerprint density at radius 2 is 1.72 bits per heavy atom. The monoisotopic (exact) mass is 418 g/mol. The molecular weight excluding hydrogens is 388 g/mol. The van der Waals surface area contributed by atoms with E-state index in [4.69, 9.17) is 4.74 Å². The Bertz CT molecular complexity index is 885. The lowest BCUT2D eigenvalue weighted by molar-refractivity contribution is -0.122. The van der Waals surface area contributed by atoms with Crippen LogP contribution in [0.5, 0.6) is 5.75 Å². The van der Waals surface area contributed by atoms with Crippen LogP contribution in [-0.4, -0.2) is 39.8 Å². The van der Waals surface area contributed by atoms with Gasteiger partial charge in [0.15, 0.2) is 0 Å². The van der Waals surface area contributed by atoms with Crippen molar-refractivity contribution in [1.29, 1.82) is 0 Å². The molecule has 0 spiro atoms. The highest BCUT2D eigenvalue weighted by Crippen LogP contribution is 2.22. The number of nitrogens with one attached hydrogen (secondary N) is 1. The molecule has 2 aromatic carbocycles. The normalized spacial score (nSPS) is 12.2. The number of sulfonamides is 1. The first-order chi connectivity index (χ1) is 13.9. The van der Waals surface area contributed by atoms with Gasteiger partial charge in [-0.2, -0.15) is 0 Å². The van der Waals surface area contributed by atoms with Crippen molar-refractivity contribution < 1.29 is 17.9 Å². The number of rotatable bonds is 11. The molecule has 0 saturated carbocycles. The molecule has 0 aliphatic carbocycles. The van der Waals surface area contributed by atoms with Crippen molar-refractivity contribution >= 4 is 21.6 Å². The van der Waals surface area contributed by atoms with Crippen LogP contribution in [0.2, 0.25) is 0 Å². The van der Waals surface area contributed by atoms with Gasteiger partial charge >= 0.3 is 0 Å². The number of para-hydroxylation sites is 2. The summed E-state index contributed by atoms with van der Waals surface area (Å²) < 4.78 is 31.6. The van der Waals surface area contributed by atoms with Crippen LogP contribution in [0.4, 0.5) is 5.69 Å². The highest BCUT2D eigenvalue weighted by Gasteiger charge is 2.31. The molecule has 29 heavy (non-hydrogen) atoms. The van der Waals surface area contributed by atoms with Crippen LogP contribution >= 0.6 is 0 Å². The fourth-order valence-electron chi connectivity index (χ4n) is 3.25. The topological polar surface area (TPSA) is 75.7 Å².